The summed E-state index contributed by atoms with van der Waals surface area (Å²) in [4.78, 5) is 12.0. The van der Waals surface area contributed by atoms with Crippen LogP contribution in [0.15, 0.2) is 65.1 Å². The Balaban J connectivity index is 1.68. The van der Waals surface area contributed by atoms with Gasteiger partial charge in [0.15, 0.2) is 0 Å². The molecule has 0 radical (unpaired) electrons. The third kappa shape index (κ3) is 4.28. The molecule has 1 N–H and O–H groups in total. The number of rotatable bonds is 5. The molecule has 0 aliphatic carbocycles. The molecule has 0 saturated heterocycles. The van der Waals surface area contributed by atoms with Gasteiger partial charge in [-0.05, 0) is 54.6 Å². The second kappa shape index (κ2) is 8.13. The lowest BCUT2D eigenvalue weighted by molar-refractivity contribution is -0.111. The number of hydrogen-bond acceptors (Lipinski definition) is 3. The number of halogens is 2. The van der Waals surface area contributed by atoms with E-state index in [0.29, 0.717) is 32.8 Å². The molecule has 2 aromatic carbocycles. The minimum Gasteiger partial charge on any atom is -0.497 e. The van der Waals surface area contributed by atoms with Crippen molar-refractivity contribution in [3.8, 4) is 17.1 Å². The highest BCUT2D eigenvalue weighted by Gasteiger charge is 2.10. The van der Waals surface area contributed by atoms with E-state index in [-0.39, 0.29) is 5.91 Å². The number of hydrogen-bond donors (Lipinski definition) is 1. The zero-order chi connectivity index (χ0) is 18.5. The molecule has 4 nitrogen and oxygen atoms in total. The van der Waals surface area contributed by atoms with Crippen molar-refractivity contribution in [1.29, 1.82) is 0 Å². The first kappa shape index (κ1) is 18.1. The van der Waals surface area contributed by atoms with Crippen molar-refractivity contribution in [2.75, 3.05) is 12.4 Å². The summed E-state index contributed by atoms with van der Waals surface area (Å²) in [6.07, 6.45) is 2.98. The minimum absolute atomic E-state index is 0.270. The Bertz CT molecular complexity index is 946. The van der Waals surface area contributed by atoms with E-state index in [0.717, 1.165) is 5.75 Å². The molecular weight excluding hydrogens is 373 g/mol. The van der Waals surface area contributed by atoms with Gasteiger partial charge in [0.05, 0.1) is 17.2 Å². The average Bonchev–Trinajstić information content (AvgIpc) is 3.12. The third-order valence-corrected chi connectivity index (χ3v) is 4.42. The molecule has 0 saturated carbocycles. The van der Waals surface area contributed by atoms with E-state index >= 15 is 0 Å². The molecule has 132 valence electrons. The summed E-state index contributed by atoms with van der Waals surface area (Å²) in [5, 5.41) is 3.64. The maximum absolute atomic E-state index is 12.0. The largest absolute Gasteiger partial charge is 0.497 e. The fourth-order valence-corrected chi connectivity index (χ4v) is 2.69. The first-order chi connectivity index (χ1) is 12.6. The molecule has 1 aromatic heterocycles. The fourth-order valence-electron chi connectivity index (χ4n) is 2.30. The summed E-state index contributed by atoms with van der Waals surface area (Å²) < 4.78 is 10.8. The van der Waals surface area contributed by atoms with E-state index < -0.39 is 0 Å². The normalized spacial score (nSPS) is 10.9. The van der Waals surface area contributed by atoms with Crippen molar-refractivity contribution in [3.05, 3.63) is 76.5 Å². The first-order valence-corrected chi connectivity index (χ1v) is 8.50. The fraction of sp³-hybridized carbons (Fsp3) is 0.0500. The highest BCUT2D eigenvalue weighted by atomic mass is 35.5. The van der Waals surface area contributed by atoms with Gasteiger partial charge < -0.3 is 14.5 Å². The molecule has 3 aromatic rings. The SMILES string of the molecule is COc1ccc(NC(=O)C=Cc2ccc(-c3cccc(Cl)c3Cl)o2)cc1. The van der Waals surface area contributed by atoms with Gasteiger partial charge in [0, 0.05) is 17.3 Å². The number of carbonyl (C=O) groups is 1. The predicted molar refractivity (Wildman–Crippen MR) is 105 cm³/mol. The Labute approximate surface area is 161 Å². The maximum atomic E-state index is 12.0. The van der Waals surface area contributed by atoms with Crippen molar-refractivity contribution in [1.82, 2.24) is 0 Å². The zero-order valence-corrected chi connectivity index (χ0v) is 15.3. The van der Waals surface area contributed by atoms with E-state index in [1.165, 1.54) is 6.08 Å². The standard InChI is InChI=1S/C20H15Cl2NO3/c1-25-14-7-5-13(6-8-14)23-19(24)12-10-15-9-11-18(26-15)16-3-2-4-17(21)20(16)22/h2-12H,1H3,(H,23,24). The Morgan fingerprint density at radius 2 is 1.85 bits per heavy atom. The highest BCUT2D eigenvalue weighted by molar-refractivity contribution is 6.43. The van der Waals surface area contributed by atoms with Gasteiger partial charge in [0.25, 0.3) is 0 Å². The van der Waals surface area contributed by atoms with Crippen LogP contribution in [-0.4, -0.2) is 13.0 Å². The summed E-state index contributed by atoms with van der Waals surface area (Å²) in [7, 11) is 1.59. The van der Waals surface area contributed by atoms with Gasteiger partial charge in [-0.3, -0.25) is 4.79 Å². The van der Waals surface area contributed by atoms with E-state index in [1.807, 2.05) is 6.07 Å². The third-order valence-electron chi connectivity index (χ3n) is 3.60. The lowest BCUT2D eigenvalue weighted by atomic mass is 10.2. The van der Waals surface area contributed by atoms with Crippen molar-refractivity contribution in [3.63, 3.8) is 0 Å². The van der Waals surface area contributed by atoms with Crippen LogP contribution in [0, 0.1) is 0 Å². The zero-order valence-electron chi connectivity index (χ0n) is 13.8. The number of amides is 1. The molecule has 1 heterocycles. The summed E-state index contributed by atoms with van der Waals surface area (Å²) in [5.41, 5.74) is 1.37. The van der Waals surface area contributed by atoms with Crippen molar-refractivity contribution >= 4 is 40.9 Å². The summed E-state index contributed by atoms with van der Waals surface area (Å²) >= 11 is 12.2. The van der Waals surface area contributed by atoms with Gasteiger partial charge in [-0.25, -0.2) is 0 Å². The van der Waals surface area contributed by atoms with Crippen LogP contribution in [0.4, 0.5) is 5.69 Å². The minimum atomic E-state index is -0.270. The molecule has 0 spiro atoms. The van der Waals surface area contributed by atoms with Crippen LogP contribution in [0.2, 0.25) is 10.0 Å². The van der Waals surface area contributed by atoms with Crippen LogP contribution in [-0.2, 0) is 4.79 Å². The van der Waals surface area contributed by atoms with Crippen molar-refractivity contribution in [2.24, 2.45) is 0 Å². The summed E-state index contributed by atoms with van der Waals surface area (Å²) in [6, 6.07) is 15.9. The van der Waals surface area contributed by atoms with Gasteiger partial charge >= 0.3 is 0 Å². The van der Waals surface area contributed by atoms with Crippen LogP contribution in [0.25, 0.3) is 17.4 Å². The second-order valence-electron chi connectivity index (χ2n) is 5.35. The monoisotopic (exact) mass is 387 g/mol. The summed E-state index contributed by atoms with van der Waals surface area (Å²) in [5.74, 6) is 1.56. The van der Waals surface area contributed by atoms with Crippen LogP contribution in [0.5, 0.6) is 5.75 Å². The lowest BCUT2D eigenvalue weighted by Gasteiger charge is -2.03. The number of nitrogens with one attached hydrogen (secondary N) is 1. The number of methoxy groups -OCH3 is 1. The molecule has 0 bridgehead atoms. The van der Waals surface area contributed by atoms with E-state index in [9.17, 15) is 4.79 Å². The lowest BCUT2D eigenvalue weighted by Crippen LogP contribution is -2.07. The molecule has 1 amide bonds. The Morgan fingerprint density at radius 3 is 2.58 bits per heavy atom. The molecule has 6 heteroatoms. The number of benzene rings is 2. The van der Waals surface area contributed by atoms with E-state index in [2.05, 4.69) is 5.32 Å². The van der Waals surface area contributed by atoms with Crippen LogP contribution >= 0.6 is 23.2 Å². The second-order valence-corrected chi connectivity index (χ2v) is 6.14. The van der Waals surface area contributed by atoms with Crippen LogP contribution < -0.4 is 10.1 Å². The van der Waals surface area contributed by atoms with Gasteiger partial charge in [-0.1, -0.05) is 29.3 Å². The smallest absolute Gasteiger partial charge is 0.248 e. The van der Waals surface area contributed by atoms with Crippen molar-refractivity contribution in [2.45, 2.75) is 0 Å². The number of carbonyl (C=O) groups excluding carboxylic acids is 1. The molecule has 3 rings (SSSR count). The van der Waals surface area contributed by atoms with Crippen LogP contribution in [0.3, 0.4) is 0 Å². The van der Waals surface area contributed by atoms with Gasteiger partial charge in [0.2, 0.25) is 5.91 Å². The Hall–Kier alpha value is -2.69. The first-order valence-electron chi connectivity index (χ1n) is 7.74. The molecule has 0 atom stereocenters. The van der Waals surface area contributed by atoms with Gasteiger partial charge in [-0.15, -0.1) is 0 Å². The average molecular weight is 388 g/mol. The molecule has 0 unspecified atom stereocenters. The number of ether oxygens (including phenoxy) is 1. The Morgan fingerprint density at radius 1 is 1.08 bits per heavy atom. The topological polar surface area (TPSA) is 51.5 Å². The van der Waals surface area contributed by atoms with E-state index in [4.69, 9.17) is 32.4 Å². The molecule has 0 fully saturated rings. The quantitative estimate of drug-likeness (QED) is 0.553. The van der Waals surface area contributed by atoms with Crippen molar-refractivity contribution < 1.29 is 13.9 Å². The number of furan rings is 1. The number of anilines is 1. The highest BCUT2D eigenvalue weighted by Crippen LogP contribution is 2.34. The maximum Gasteiger partial charge on any atom is 0.248 e. The molecule has 26 heavy (non-hydrogen) atoms. The van der Waals surface area contributed by atoms with Gasteiger partial charge in [-0.2, -0.15) is 0 Å². The molecule has 0 aliphatic rings. The summed E-state index contributed by atoms with van der Waals surface area (Å²) in [6.45, 7) is 0. The van der Waals surface area contributed by atoms with Gasteiger partial charge in [0.1, 0.15) is 17.3 Å². The molecule has 0 aliphatic heterocycles. The van der Waals surface area contributed by atoms with Crippen LogP contribution in [0.1, 0.15) is 5.76 Å². The molecular formula is C20H15Cl2NO3. The Kier molecular flexibility index (Phi) is 5.66. The predicted octanol–water partition coefficient (Wildman–Crippen LogP) is 5.91. The van der Waals surface area contributed by atoms with E-state index in [1.54, 1.807) is 61.7 Å².